The lowest BCUT2D eigenvalue weighted by Gasteiger charge is -2.09. The van der Waals surface area contributed by atoms with Crippen LogP contribution in [0, 0.1) is 6.92 Å². The molecule has 0 saturated heterocycles. The second kappa shape index (κ2) is 4.64. The zero-order valence-corrected chi connectivity index (χ0v) is 8.70. The average Bonchev–Trinajstić information content (AvgIpc) is 2.51. The maximum absolute atomic E-state index is 11.0. The lowest BCUT2D eigenvalue weighted by atomic mass is 10.3. The molecule has 0 bridgehead atoms. The van der Waals surface area contributed by atoms with Gasteiger partial charge in [0.1, 0.15) is 0 Å². The predicted molar refractivity (Wildman–Crippen MR) is 52.1 cm³/mol. The van der Waals surface area contributed by atoms with Crippen LogP contribution in [0.5, 0.6) is 0 Å². The molecule has 0 atom stereocenters. The van der Waals surface area contributed by atoms with E-state index in [1.807, 2.05) is 13.0 Å². The zero-order valence-electron chi connectivity index (χ0n) is 8.70. The number of H-pyrrole nitrogens is 1. The highest BCUT2D eigenvalue weighted by atomic mass is 16.6. The molecule has 1 heterocycles. The van der Waals surface area contributed by atoms with Crippen LogP contribution >= 0.6 is 0 Å². The van der Waals surface area contributed by atoms with Crippen LogP contribution in [0.1, 0.15) is 11.4 Å². The van der Waals surface area contributed by atoms with Crippen molar-refractivity contribution in [1.82, 2.24) is 15.1 Å². The van der Waals surface area contributed by atoms with Gasteiger partial charge in [-0.1, -0.05) is 0 Å². The monoisotopic (exact) mass is 197 g/mol. The Morgan fingerprint density at radius 1 is 1.64 bits per heavy atom. The van der Waals surface area contributed by atoms with Gasteiger partial charge in [-0.05, 0) is 13.0 Å². The molecule has 0 saturated carbocycles. The van der Waals surface area contributed by atoms with E-state index in [1.165, 1.54) is 4.90 Å². The van der Waals surface area contributed by atoms with Gasteiger partial charge in [0.2, 0.25) is 0 Å². The number of ether oxygens (including phenoxy) is 1. The number of aryl methyl sites for hydroxylation is 1. The second-order valence-corrected chi connectivity index (χ2v) is 3.30. The van der Waals surface area contributed by atoms with Crippen LogP contribution in [0.15, 0.2) is 6.07 Å². The molecule has 0 aliphatic carbocycles. The molecule has 0 unspecified atom stereocenters. The number of hydrogen-bond donors (Lipinski definition) is 1. The van der Waals surface area contributed by atoms with Crippen molar-refractivity contribution in [1.29, 1.82) is 0 Å². The van der Waals surface area contributed by atoms with Gasteiger partial charge in [-0.2, -0.15) is 5.10 Å². The van der Waals surface area contributed by atoms with Gasteiger partial charge < -0.3 is 9.64 Å². The van der Waals surface area contributed by atoms with E-state index in [9.17, 15) is 4.79 Å². The van der Waals surface area contributed by atoms with Crippen molar-refractivity contribution in [3.8, 4) is 0 Å². The van der Waals surface area contributed by atoms with E-state index in [0.717, 1.165) is 11.4 Å². The number of nitrogens with one attached hydrogen (secondary N) is 1. The molecule has 1 aromatic rings. The standard InChI is InChI=1S/C9H15N3O2/c1-7-6-8(11-10-7)4-5-14-9(13)12(2)3/h6H,4-5H2,1-3H3,(H,10,11). The van der Waals surface area contributed by atoms with Gasteiger partial charge in [-0.3, -0.25) is 5.10 Å². The van der Waals surface area contributed by atoms with Crippen molar-refractivity contribution in [3.63, 3.8) is 0 Å². The molecule has 0 aromatic carbocycles. The van der Waals surface area contributed by atoms with Crippen molar-refractivity contribution in [3.05, 3.63) is 17.5 Å². The van der Waals surface area contributed by atoms with E-state index in [2.05, 4.69) is 10.2 Å². The minimum absolute atomic E-state index is 0.322. The lowest BCUT2D eigenvalue weighted by Crippen LogP contribution is -2.23. The zero-order chi connectivity index (χ0) is 10.6. The Kier molecular flexibility index (Phi) is 3.50. The maximum atomic E-state index is 11.0. The summed E-state index contributed by atoms with van der Waals surface area (Å²) >= 11 is 0. The first-order valence-electron chi connectivity index (χ1n) is 4.44. The highest BCUT2D eigenvalue weighted by molar-refractivity contribution is 5.66. The van der Waals surface area contributed by atoms with Gasteiger partial charge in [0.25, 0.3) is 0 Å². The summed E-state index contributed by atoms with van der Waals surface area (Å²) in [5, 5.41) is 6.86. The topological polar surface area (TPSA) is 58.2 Å². The third-order valence-electron chi connectivity index (χ3n) is 1.71. The molecule has 1 N–H and O–H groups in total. The number of nitrogens with zero attached hydrogens (tertiary/aromatic N) is 2. The molecule has 1 rings (SSSR count). The summed E-state index contributed by atoms with van der Waals surface area (Å²) in [7, 11) is 3.31. The second-order valence-electron chi connectivity index (χ2n) is 3.30. The van der Waals surface area contributed by atoms with Gasteiger partial charge >= 0.3 is 6.09 Å². The van der Waals surface area contributed by atoms with E-state index < -0.39 is 0 Å². The SMILES string of the molecule is Cc1cc(CCOC(=O)N(C)C)n[nH]1. The van der Waals surface area contributed by atoms with Crippen molar-refractivity contribution >= 4 is 6.09 Å². The Balaban J connectivity index is 2.25. The Bertz CT molecular complexity index is 307. The molecular weight excluding hydrogens is 182 g/mol. The van der Waals surface area contributed by atoms with Crippen LogP contribution in [-0.2, 0) is 11.2 Å². The van der Waals surface area contributed by atoms with E-state index >= 15 is 0 Å². The Morgan fingerprint density at radius 3 is 2.86 bits per heavy atom. The first kappa shape index (κ1) is 10.6. The lowest BCUT2D eigenvalue weighted by molar-refractivity contribution is 0.119. The first-order chi connectivity index (χ1) is 6.59. The molecule has 0 spiro atoms. The maximum Gasteiger partial charge on any atom is 0.409 e. The summed E-state index contributed by atoms with van der Waals surface area (Å²) in [4.78, 5) is 12.4. The fourth-order valence-electron chi connectivity index (χ4n) is 0.975. The summed E-state index contributed by atoms with van der Waals surface area (Å²) in [5.74, 6) is 0. The van der Waals surface area contributed by atoms with Crippen LogP contribution in [0.4, 0.5) is 4.79 Å². The summed E-state index contributed by atoms with van der Waals surface area (Å²) in [6, 6.07) is 1.93. The molecule has 5 nitrogen and oxygen atoms in total. The molecule has 0 aliphatic rings. The third kappa shape index (κ3) is 3.08. The summed E-state index contributed by atoms with van der Waals surface area (Å²) in [6.07, 6.45) is 0.321. The number of rotatable bonds is 3. The number of aromatic amines is 1. The van der Waals surface area contributed by atoms with Crippen LogP contribution < -0.4 is 0 Å². The number of hydrogen-bond acceptors (Lipinski definition) is 3. The Labute approximate surface area is 83.1 Å². The number of aromatic nitrogens is 2. The van der Waals surface area contributed by atoms with Crippen LogP contribution in [0.2, 0.25) is 0 Å². The minimum Gasteiger partial charge on any atom is -0.449 e. The van der Waals surface area contributed by atoms with Crippen molar-refractivity contribution in [2.75, 3.05) is 20.7 Å². The van der Waals surface area contributed by atoms with E-state index in [1.54, 1.807) is 14.1 Å². The molecule has 78 valence electrons. The molecule has 1 amide bonds. The third-order valence-corrected chi connectivity index (χ3v) is 1.71. The highest BCUT2D eigenvalue weighted by Crippen LogP contribution is 1.99. The largest absolute Gasteiger partial charge is 0.449 e. The van der Waals surface area contributed by atoms with Gasteiger partial charge in [0, 0.05) is 26.2 Å². The summed E-state index contributed by atoms with van der Waals surface area (Å²) in [6.45, 7) is 2.30. The minimum atomic E-state index is -0.322. The summed E-state index contributed by atoms with van der Waals surface area (Å²) in [5.41, 5.74) is 1.92. The number of carbonyl (C=O) groups is 1. The van der Waals surface area contributed by atoms with Crippen LogP contribution in [0.3, 0.4) is 0 Å². The van der Waals surface area contributed by atoms with Gasteiger partial charge in [-0.15, -0.1) is 0 Å². The molecule has 0 fully saturated rings. The van der Waals surface area contributed by atoms with Crippen molar-refractivity contribution in [2.45, 2.75) is 13.3 Å². The molecule has 5 heteroatoms. The Morgan fingerprint density at radius 2 is 2.36 bits per heavy atom. The van der Waals surface area contributed by atoms with Gasteiger partial charge in [0.15, 0.2) is 0 Å². The van der Waals surface area contributed by atoms with E-state index in [0.29, 0.717) is 13.0 Å². The van der Waals surface area contributed by atoms with E-state index in [4.69, 9.17) is 4.74 Å². The first-order valence-corrected chi connectivity index (χ1v) is 4.44. The Hall–Kier alpha value is -1.52. The average molecular weight is 197 g/mol. The van der Waals surface area contributed by atoms with Crippen LogP contribution in [0.25, 0.3) is 0 Å². The molecular formula is C9H15N3O2. The number of carbonyl (C=O) groups excluding carboxylic acids is 1. The molecule has 0 aliphatic heterocycles. The quantitative estimate of drug-likeness (QED) is 0.785. The predicted octanol–water partition coefficient (Wildman–Crippen LogP) is 0.959. The van der Waals surface area contributed by atoms with Crippen molar-refractivity contribution < 1.29 is 9.53 Å². The highest BCUT2D eigenvalue weighted by Gasteiger charge is 2.04. The fraction of sp³-hybridized carbons (Fsp3) is 0.556. The van der Waals surface area contributed by atoms with Crippen LogP contribution in [-0.4, -0.2) is 41.9 Å². The normalized spacial score (nSPS) is 9.93. The van der Waals surface area contributed by atoms with E-state index in [-0.39, 0.29) is 6.09 Å². The summed E-state index contributed by atoms with van der Waals surface area (Å²) < 4.78 is 4.95. The molecule has 1 aromatic heterocycles. The van der Waals surface area contributed by atoms with Gasteiger partial charge in [0.05, 0.1) is 12.3 Å². The number of amides is 1. The molecule has 0 radical (unpaired) electrons. The van der Waals surface area contributed by atoms with Gasteiger partial charge in [-0.25, -0.2) is 4.79 Å². The van der Waals surface area contributed by atoms with Crippen molar-refractivity contribution in [2.24, 2.45) is 0 Å². The molecule has 14 heavy (non-hydrogen) atoms. The fourth-order valence-corrected chi connectivity index (χ4v) is 0.975. The smallest absolute Gasteiger partial charge is 0.409 e.